The SMILES string of the molecule is Oc1ccc2c(c1)OCC1(CC1)CO2. The average molecular weight is 192 g/mol. The lowest BCUT2D eigenvalue weighted by molar-refractivity contribution is 0.197. The predicted octanol–water partition coefficient (Wildman–Crippen LogP) is 1.94. The Morgan fingerprint density at radius 3 is 2.50 bits per heavy atom. The zero-order valence-corrected chi connectivity index (χ0v) is 7.82. The monoisotopic (exact) mass is 192 g/mol. The lowest BCUT2D eigenvalue weighted by Gasteiger charge is -2.08. The largest absolute Gasteiger partial charge is 0.508 e. The van der Waals surface area contributed by atoms with Gasteiger partial charge in [-0.2, -0.15) is 0 Å². The van der Waals surface area contributed by atoms with E-state index in [-0.39, 0.29) is 11.2 Å². The molecule has 14 heavy (non-hydrogen) atoms. The Morgan fingerprint density at radius 1 is 1.07 bits per heavy atom. The molecule has 1 spiro atoms. The van der Waals surface area contributed by atoms with Gasteiger partial charge in [0, 0.05) is 11.5 Å². The second-order valence-electron chi connectivity index (χ2n) is 4.21. The summed E-state index contributed by atoms with van der Waals surface area (Å²) in [5.74, 6) is 1.62. The summed E-state index contributed by atoms with van der Waals surface area (Å²) in [7, 11) is 0. The Balaban J connectivity index is 1.93. The van der Waals surface area contributed by atoms with Crippen molar-refractivity contribution >= 4 is 0 Å². The average Bonchev–Trinajstić information content (AvgIpc) is 2.96. The van der Waals surface area contributed by atoms with Crippen molar-refractivity contribution in [2.75, 3.05) is 13.2 Å². The van der Waals surface area contributed by atoms with E-state index in [1.165, 1.54) is 12.8 Å². The van der Waals surface area contributed by atoms with Crippen molar-refractivity contribution < 1.29 is 14.6 Å². The van der Waals surface area contributed by atoms with E-state index in [9.17, 15) is 5.11 Å². The molecule has 1 heterocycles. The Hall–Kier alpha value is -1.38. The molecular formula is C11H12O3. The lowest BCUT2D eigenvalue weighted by Crippen LogP contribution is -2.17. The van der Waals surface area contributed by atoms with Crippen LogP contribution in [0.4, 0.5) is 0 Å². The second-order valence-corrected chi connectivity index (χ2v) is 4.21. The normalized spacial score (nSPS) is 21.7. The fourth-order valence-electron chi connectivity index (χ4n) is 1.70. The number of hydrogen-bond donors (Lipinski definition) is 1. The van der Waals surface area contributed by atoms with Gasteiger partial charge in [0.15, 0.2) is 11.5 Å². The molecule has 74 valence electrons. The van der Waals surface area contributed by atoms with Gasteiger partial charge in [0.05, 0.1) is 13.2 Å². The van der Waals surface area contributed by atoms with Gasteiger partial charge in [0.2, 0.25) is 0 Å². The van der Waals surface area contributed by atoms with Crippen molar-refractivity contribution in [1.29, 1.82) is 0 Å². The first kappa shape index (κ1) is 7.97. The van der Waals surface area contributed by atoms with Crippen LogP contribution < -0.4 is 9.47 Å². The highest BCUT2D eigenvalue weighted by atomic mass is 16.5. The molecule has 1 aromatic rings. The Kier molecular flexibility index (Phi) is 1.46. The standard InChI is InChI=1S/C11H12O3/c12-8-1-2-9-10(5-8)14-7-11(3-4-11)6-13-9/h1-2,5,12H,3-4,6-7H2. The van der Waals surface area contributed by atoms with Crippen LogP contribution >= 0.6 is 0 Å². The van der Waals surface area contributed by atoms with Crippen molar-refractivity contribution in [3.63, 3.8) is 0 Å². The van der Waals surface area contributed by atoms with Crippen LogP contribution in [-0.4, -0.2) is 18.3 Å². The topological polar surface area (TPSA) is 38.7 Å². The molecule has 3 nitrogen and oxygen atoms in total. The summed E-state index contributed by atoms with van der Waals surface area (Å²) in [5, 5.41) is 9.29. The molecule has 1 N–H and O–H groups in total. The van der Waals surface area contributed by atoms with Gasteiger partial charge in [-0.25, -0.2) is 0 Å². The maximum absolute atomic E-state index is 9.29. The van der Waals surface area contributed by atoms with Crippen LogP contribution in [0.1, 0.15) is 12.8 Å². The summed E-state index contributed by atoms with van der Waals surface area (Å²) in [6.07, 6.45) is 2.37. The summed E-state index contributed by atoms with van der Waals surface area (Å²) in [5.41, 5.74) is 0.259. The number of rotatable bonds is 0. The van der Waals surface area contributed by atoms with E-state index in [1.807, 2.05) is 0 Å². The number of fused-ring (bicyclic) bond motifs is 1. The summed E-state index contributed by atoms with van der Waals surface area (Å²) in [6, 6.07) is 4.98. The molecule has 0 amide bonds. The van der Waals surface area contributed by atoms with Gasteiger partial charge in [-0.1, -0.05) is 0 Å². The van der Waals surface area contributed by atoms with E-state index in [2.05, 4.69) is 0 Å². The highest BCUT2D eigenvalue weighted by molar-refractivity contribution is 5.45. The molecule has 1 fully saturated rings. The van der Waals surface area contributed by atoms with Crippen molar-refractivity contribution in [2.24, 2.45) is 5.41 Å². The Labute approximate surface area is 82.3 Å². The van der Waals surface area contributed by atoms with Crippen LogP contribution in [0.15, 0.2) is 18.2 Å². The maximum atomic E-state index is 9.29. The third-order valence-corrected chi connectivity index (χ3v) is 2.95. The summed E-state index contributed by atoms with van der Waals surface area (Å²) < 4.78 is 11.3. The van der Waals surface area contributed by atoms with E-state index in [0.717, 1.165) is 12.4 Å². The molecule has 3 rings (SSSR count). The van der Waals surface area contributed by atoms with E-state index in [4.69, 9.17) is 9.47 Å². The van der Waals surface area contributed by atoms with Gasteiger partial charge in [-0.05, 0) is 25.0 Å². The number of ether oxygens (including phenoxy) is 2. The van der Waals surface area contributed by atoms with E-state index >= 15 is 0 Å². The molecule has 0 radical (unpaired) electrons. The molecule has 2 aliphatic rings. The predicted molar refractivity (Wildman–Crippen MR) is 50.8 cm³/mol. The van der Waals surface area contributed by atoms with Gasteiger partial charge in [0.25, 0.3) is 0 Å². The van der Waals surface area contributed by atoms with Crippen molar-refractivity contribution in [2.45, 2.75) is 12.8 Å². The molecule has 0 aromatic heterocycles. The lowest BCUT2D eigenvalue weighted by atomic mass is 10.1. The first-order valence-corrected chi connectivity index (χ1v) is 4.86. The number of phenols is 1. The zero-order chi connectivity index (χ0) is 9.60. The Bertz CT molecular complexity index is 369. The van der Waals surface area contributed by atoms with Crippen LogP contribution in [0, 0.1) is 5.41 Å². The zero-order valence-electron chi connectivity index (χ0n) is 7.82. The highest BCUT2D eigenvalue weighted by Crippen LogP contribution is 2.49. The minimum absolute atomic E-state index is 0.221. The van der Waals surface area contributed by atoms with E-state index in [0.29, 0.717) is 12.4 Å². The molecule has 1 aromatic carbocycles. The fraction of sp³-hybridized carbons (Fsp3) is 0.455. The highest BCUT2D eigenvalue weighted by Gasteiger charge is 2.46. The minimum Gasteiger partial charge on any atom is -0.508 e. The van der Waals surface area contributed by atoms with Crippen LogP contribution in [0.5, 0.6) is 17.2 Å². The van der Waals surface area contributed by atoms with Crippen molar-refractivity contribution in [1.82, 2.24) is 0 Å². The molecule has 1 aliphatic heterocycles. The van der Waals surface area contributed by atoms with Gasteiger partial charge in [0.1, 0.15) is 5.75 Å². The smallest absolute Gasteiger partial charge is 0.164 e. The summed E-state index contributed by atoms with van der Waals surface area (Å²) >= 11 is 0. The van der Waals surface area contributed by atoms with Crippen LogP contribution in [0.25, 0.3) is 0 Å². The molecule has 3 heteroatoms. The quantitative estimate of drug-likeness (QED) is 0.682. The number of phenolic OH excluding ortho intramolecular Hbond substituents is 1. The second kappa shape index (κ2) is 2.56. The first-order valence-electron chi connectivity index (χ1n) is 4.86. The molecule has 0 unspecified atom stereocenters. The van der Waals surface area contributed by atoms with Crippen LogP contribution in [0.3, 0.4) is 0 Å². The molecule has 1 saturated carbocycles. The maximum Gasteiger partial charge on any atom is 0.164 e. The first-order chi connectivity index (χ1) is 6.77. The fourth-order valence-corrected chi connectivity index (χ4v) is 1.70. The number of benzene rings is 1. The number of hydrogen-bond acceptors (Lipinski definition) is 3. The van der Waals surface area contributed by atoms with Crippen molar-refractivity contribution in [3.8, 4) is 17.2 Å². The van der Waals surface area contributed by atoms with Gasteiger partial charge < -0.3 is 14.6 Å². The van der Waals surface area contributed by atoms with Crippen LogP contribution in [-0.2, 0) is 0 Å². The summed E-state index contributed by atoms with van der Waals surface area (Å²) in [4.78, 5) is 0. The molecule has 0 bridgehead atoms. The molecule has 1 aliphatic carbocycles. The van der Waals surface area contributed by atoms with Gasteiger partial charge in [-0.3, -0.25) is 0 Å². The summed E-state index contributed by atoms with van der Waals surface area (Å²) in [6.45, 7) is 1.45. The number of aromatic hydroxyl groups is 1. The van der Waals surface area contributed by atoms with E-state index < -0.39 is 0 Å². The van der Waals surface area contributed by atoms with Gasteiger partial charge in [-0.15, -0.1) is 0 Å². The van der Waals surface area contributed by atoms with Crippen molar-refractivity contribution in [3.05, 3.63) is 18.2 Å². The molecule has 0 saturated heterocycles. The van der Waals surface area contributed by atoms with Gasteiger partial charge >= 0.3 is 0 Å². The third-order valence-electron chi connectivity index (χ3n) is 2.95. The molecule has 0 atom stereocenters. The van der Waals surface area contributed by atoms with E-state index in [1.54, 1.807) is 18.2 Å². The minimum atomic E-state index is 0.221. The Morgan fingerprint density at radius 2 is 1.79 bits per heavy atom. The van der Waals surface area contributed by atoms with Crippen LogP contribution in [0.2, 0.25) is 0 Å². The molecular weight excluding hydrogens is 180 g/mol. The third kappa shape index (κ3) is 1.20.